The lowest BCUT2D eigenvalue weighted by molar-refractivity contribution is 0.145. The maximum absolute atomic E-state index is 13.1. The van der Waals surface area contributed by atoms with Gasteiger partial charge in [0, 0.05) is 5.56 Å². The van der Waals surface area contributed by atoms with Crippen LogP contribution in [-0.2, 0) is 15.8 Å². The first-order valence-corrected chi connectivity index (χ1v) is 9.08. The van der Waals surface area contributed by atoms with Crippen LogP contribution in [0.25, 0.3) is 16.9 Å². The van der Waals surface area contributed by atoms with Crippen LogP contribution in [0.15, 0.2) is 60.7 Å². The first kappa shape index (κ1) is 17.2. The van der Waals surface area contributed by atoms with Crippen LogP contribution in [-0.4, -0.2) is 18.2 Å². The van der Waals surface area contributed by atoms with Crippen LogP contribution in [0.2, 0.25) is 0 Å². The number of rotatable bonds is 5. The van der Waals surface area contributed by atoms with Gasteiger partial charge in [-0.25, -0.2) is 27.0 Å². The summed E-state index contributed by atoms with van der Waals surface area (Å²) in [6.45, 7) is 0. The smallest absolute Gasteiger partial charge is 0.233 e. The Bertz CT molecular complexity index is 969. The van der Waals surface area contributed by atoms with E-state index in [9.17, 15) is 17.2 Å². The zero-order valence-electron chi connectivity index (χ0n) is 13.0. The molecule has 1 aromatic heterocycles. The van der Waals surface area contributed by atoms with Crippen molar-refractivity contribution < 1.29 is 17.2 Å². The highest BCUT2D eigenvalue weighted by Gasteiger charge is 2.17. The van der Waals surface area contributed by atoms with Crippen LogP contribution in [0.4, 0.5) is 8.78 Å². The predicted octanol–water partition coefficient (Wildman–Crippen LogP) is 3.27. The largest absolute Gasteiger partial charge is 0.282 e. The number of hydrogen-bond acceptors (Lipinski definition) is 3. The molecule has 0 aliphatic heterocycles. The van der Waals surface area contributed by atoms with Crippen LogP contribution >= 0.6 is 0 Å². The van der Waals surface area contributed by atoms with Crippen molar-refractivity contribution in [3.8, 4) is 16.9 Å². The highest BCUT2D eigenvalue weighted by Crippen LogP contribution is 2.28. The molecule has 130 valence electrons. The fourth-order valence-corrected chi connectivity index (χ4v) is 3.14. The molecule has 8 heteroatoms. The highest BCUT2D eigenvalue weighted by molar-refractivity contribution is 7.88. The van der Waals surface area contributed by atoms with Crippen LogP contribution in [0.1, 0.15) is 17.7 Å². The zero-order valence-corrected chi connectivity index (χ0v) is 13.8. The van der Waals surface area contributed by atoms with Crippen LogP contribution in [0.5, 0.6) is 0 Å². The summed E-state index contributed by atoms with van der Waals surface area (Å²) >= 11 is 0. The second-order valence-corrected chi connectivity index (χ2v) is 7.12. The molecule has 5 nitrogen and oxygen atoms in total. The van der Waals surface area contributed by atoms with Crippen molar-refractivity contribution in [2.75, 3.05) is 0 Å². The van der Waals surface area contributed by atoms with E-state index in [1.807, 2.05) is 18.2 Å². The molecule has 2 aromatic carbocycles. The van der Waals surface area contributed by atoms with Crippen LogP contribution in [0.3, 0.4) is 0 Å². The molecule has 3 aromatic rings. The van der Waals surface area contributed by atoms with Gasteiger partial charge in [-0.1, -0.05) is 42.5 Å². The Morgan fingerprint density at radius 2 is 1.68 bits per heavy atom. The van der Waals surface area contributed by atoms with Crippen LogP contribution in [0, 0.1) is 0 Å². The van der Waals surface area contributed by atoms with Crippen molar-refractivity contribution in [3.63, 3.8) is 0 Å². The monoisotopic (exact) mass is 363 g/mol. The van der Waals surface area contributed by atoms with Gasteiger partial charge < -0.3 is 0 Å². The molecular weight excluding hydrogens is 348 g/mol. The minimum absolute atomic E-state index is 0.291. The van der Waals surface area contributed by atoms with Crippen molar-refractivity contribution in [1.29, 1.82) is 0 Å². The Morgan fingerprint density at radius 1 is 1.04 bits per heavy atom. The summed E-state index contributed by atoms with van der Waals surface area (Å²) in [6, 6.07) is 16.8. The van der Waals surface area contributed by atoms with Crippen molar-refractivity contribution >= 4 is 10.0 Å². The first-order valence-electron chi connectivity index (χ1n) is 7.37. The van der Waals surface area contributed by atoms with E-state index in [-0.39, 0.29) is 11.4 Å². The van der Waals surface area contributed by atoms with E-state index in [4.69, 9.17) is 5.14 Å². The molecule has 25 heavy (non-hydrogen) atoms. The Hall–Kier alpha value is -2.58. The molecule has 1 heterocycles. The van der Waals surface area contributed by atoms with Crippen LogP contribution < -0.4 is 5.14 Å². The average molecular weight is 363 g/mol. The Balaban J connectivity index is 2.04. The lowest BCUT2D eigenvalue weighted by atomic mass is 10.1. The number of hydrogen-bond donors (Lipinski definition) is 1. The second kappa shape index (κ2) is 6.73. The molecule has 2 N–H and O–H groups in total. The lowest BCUT2D eigenvalue weighted by Gasteiger charge is -2.08. The summed E-state index contributed by atoms with van der Waals surface area (Å²) in [4.78, 5) is 0. The van der Waals surface area contributed by atoms with Gasteiger partial charge in [0.05, 0.1) is 17.1 Å². The Morgan fingerprint density at radius 3 is 2.24 bits per heavy atom. The normalized spacial score (nSPS) is 11.8. The van der Waals surface area contributed by atoms with Crippen molar-refractivity contribution in [2.24, 2.45) is 5.14 Å². The molecule has 0 unspecified atom stereocenters. The molecule has 0 amide bonds. The van der Waals surface area contributed by atoms with Crippen molar-refractivity contribution in [3.05, 3.63) is 71.9 Å². The Labute approximate surface area is 143 Å². The standard InChI is InChI=1S/C17H15F2N3O2S/c18-17(19)15-10-16(13-4-2-1-3-5-13)22(21-15)14-8-6-12(7-9-14)11-25(20,23)24/h1-10,17H,11H2,(H2,20,23,24). The average Bonchev–Trinajstić information content (AvgIpc) is 3.00. The maximum atomic E-state index is 13.1. The summed E-state index contributed by atoms with van der Waals surface area (Å²) in [5, 5.41) is 9.01. The molecule has 0 bridgehead atoms. The predicted molar refractivity (Wildman–Crippen MR) is 90.8 cm³/mol. The molecular formula is C17H15F2N3O2S. The zero-order chi connectivity index (χ0) is 18.0. The summed E-state index contributed by atoms with van der Waals surface area (Å²) in [7, 11) is -3.63. The number of aromatic nitrogens is 2. The SMILES string of the molecule is NS(=O)(=O)Cc1ccc(-n2nc(C(F)F)cc2-c2ccccc2)cc1. The number of nitrogens with two attached hydrogens (primary N) is 1. The minimum Gasteiger partial charge on any atom is -0.233 e. The van der Waals surface area contributed by atoms with Gasteiger partial charge in [-0.2, -0.15) is 5.10 Å². The molecule has 0 saturated heterocycles. The van der Waals surface area contributed by atoms with E-state index in [2.05, 4.69) is 5.10 Å². The number of benzene rings is 2. The second-order valence-electron chi connectivity index (χ2n) is 5.51. The number of halogens is 2. The fraction of sp³-hybridized carbons (Fsp3) is 0.118. The van der Waals surface area contributed by atoms with Gasteiger partial charge in [0.25, 0.3) is 6.43 Å². The topological polar surface area (TPSA) is 78.0 Å². The maximum Gasteiger partial charge on any atom is 0.282 e. The molecule has 0 atom stereocenters. The highest BCUT2D eigenvalue weighted by atomic mass is 32.2. The third-order valence-electron chi connectivity index (χ3n) is 3.57. The van der Waals surface area contributed by atoms with E-state index < -0.39 is 16.4 Å². The number of nitrogens with zero attached hydrogens (tertiary/aromatic N) is 2. The van der Waals surface area contributed by atoms with Gasteiger partial charge in [0.15, 0.2) is 0 Å². The van der Waals surface area contributed by atoms with E-state index in [1.54, 1.807) is 36.4 Å². The van der Waals surface area contributed by atoms with E-state index in [1.165, 1.54) is 10.7 Å². The van der Waals surface area contributed by atoms with Gasteiger partial charge in [-0.15, -0.1) is 0 Å². The Kier molecular flexibility index (Phi) is 4.65. The molecule has 0 aliphatic carbocycles. The fourth-order valence-electron chi connectivity index (χ4n) is 2.48. The van der Waals surface area contributed by atoms with E-state index >= 15 is 0 Å². The van der Waals surface area contributed by atoms with Gasteiger partial charge in [0.1, 0.15) is 5.69 Å². The first-order chi connectivity index (χ1) is 11.8. The molecule has 3 rings (SSSR count). The van der Waals surface area contributed by atoms with Gasteiger partial charge >= 0.3 is 0 Å². The number of sulfonamides is 1. The summed E-state index contributed by atoms with van der Waals surface area (Å²) in [6.07, 6.45) is -2.69. The minimum atomic E-state index is -3.63. The van der Waals surface area contributed by atoms with Crippen molar-refractivity contribution in [1.82, 2.24) is 9.78 Å². The molecule has 0 saturated carbocycles. The molecule has 0 radical (unpaired) electrons. The summed E-state index contributed by atoms with van der Waals surface area (Å²) < 4.78 is 49.9. The summed E-state index contributed by atoms with van der Waals surface area (Å²) in [5.41, 5.74) is 2.00. The molecule has 0 spiro atoms. The van der Waals surface area contributed by atoms with E-state index in [0.717, 1.165) is 5.56 Å². The molecule has 0 fully saturated rings. The van der Waals surface area contributed by atoms with E-state index in [0.29, 0.717) is 16.9 Å². The van der Waals surface area contributed by atoms with Gasteiger partial charge in [-0.3, -0.25) is 0 Å². The number of primary sulfonamides is 1. The lowest BCUT2D eigenvalue weighted by Crippen LogP contribution is -2.14. The third kappa shape index (κ3) is 4.09. The number of alkyl halides is 2. The summed E-state index contributed by atoms with van der Waals surface area (Å²) in [5.74, 6) is -0.291. The van der Waals surface area contributed by atoms with Gasteiger partial charge in [-0.05, 0) is 23.8 Å². The van der Waals surface area contributed by atoms with Gasteiger partial charge in [0.2, 0.25) is 10.0 Å². The molecule has 0 aliphatic rings. The van der Waals surface area contributed by atoms with Crippen molar-refractivity contribution in [2.45, 2.75) is 12.2 Å². The third-order valence-corrected chi connectivity index (χ3v) is 4.31. The quantitative estimate of drug-likeness (QED) is 0.756.